The lowest BCUT2D eigenvalue weighted by molar-refractivity contribution is -0.384. The molecule has 2 aromatic carbocycles. The van der Waals surface area contributed by atoms with Crippen molar-refractivity contribution >= 4 is 33.0 Å². The molecule has 1 atom stereocenters. The fraction of sp³-hybridized carbons (Fsp3) is 0.316. The van der Waals surface area contributed by atoms with Crippen LogP contribution in [0.2, 0.25) is 0 Å². The number of hydrogen-bond donors (Lipinski definition) is 1. The maximum atomic E-state index is 12.8. The van der Waals surface area contributed by atoms with Crippen LogP contribution >= 0.6 is 0 Å². The van der Waals surface area contributed by atoms with Gasteiger partial charge in [-0.25, -0.2) is 8.42 Å². The Morgan fingerprint density at radius 3 is 2.36 bits per heavy atom. The molecule has 8 nitrogen and oxygen atoms in total. The van der Waals surface area contributed by atoms with Crippen LogP contribution in [0.1, 0.15) is 23.6 Å². The average molecular weight is 405 g/mol. The summed E-state index contributed by atoms with van der Waals surface area (Å²) < 4.78 is 25.8. The molecule has 0 aliphatic rings. The maximum Gasteiger partial charge on any atom is 0.271 e. The van der Waals surface area contributed by atoms with E-state index in [2.05, 4.69) is 5.32 Å². The van der Waals surface area contributed by atoms with Gasteiger partial charge in [-0.3, -0.25) is 19.2 Å². The Labute approximate surface area is 164 Å². The fourth-order valence-electron chi connectivity index (χ4n) is 2.85. The number of benzene rings is 2. The summed E-state index contributed by atoms with van der Waals surface area (Å²) in [5.74, 6) is -0.537. The van der Waals surface area contributed by atoms with E-state index in [4.69, 9.17) is 0 Å². The molecule has 1 N–H and O–H groups in total. The van der Waals surface area contributed by atoms with Crippen LogP contribution in [0.5, 0.6) is 0 Å². The van der Waals surface area contributed by atoms with Gasteiger partial charge in [0.1, 0.15) is 6.04 Å². The first-order chi connectivity index (χ1) is 12.9. The zero-order valence-corrected chi connectivity index (χ0v) is 17.2. The van der Waals surface area contributed by atoms with Crippen molar-refractivity contribution in [1.82, 2.24) is 0 Å². The van der Waals surface area contributed by atoms with Crippen molar-refractivity contribution in [1.29, 1.82) is 0 Å². The summed E-state index contributed by atoms with van der Waals surface area (Å²) in [5, 5.41) is 13.9. The van der Waals surface area contributed by atoms with E-state index < -0.39 is 26.9 Å². The van der Waals surface area contributed by atoms with E-state index in [1.165, 1.54) is 19.1 Å². The predicted octanol–water partition coefficient (Wildman–Crippen LogP) is 3.31. The van der Waals surface area contributed by atoms with Gasteiger partial charge in [-0.1, -0.05) is 18.2 Å². The van der Waals surface area contributed by atoms with Crippen molar-refractivity contribution in [3.8, 4) is 0 Å². The lowest BCUT2D eigenvalue weighted by atomic mass is 10.1. The Bertz CT molecular complexity index is 1030. The third-order valence-corrected chi connectivity index (χ3v) is 5.82. The van der Waals surface area contributed by atoms with Crippen LogP contribution < -0.4 is 9.62 Å². The number of hydrogen-bond acceptors (Lipinski definition) is 5. The van der Waals surface area contributed by atoms with Crippen molar-refractivity contribution in [2.75, 3.05) is 15.9 Å². The summed E-state index contributed by atoms with van der Waals surface area (Å²) >= 11 is 0. The molecular weight excluding hydrogens is 382 g/mol. The van der Waals surface area contributed by atoms with Crippen LogP contribution in [0.25, 0.3) is 0 Å². The SMILES string of the molecule is Cc1ccc([N+](=O)[O-])cc1N([C@@H](C)C(=O)Nc1cccc(C)c1C)S(C)(=O)=O. The van der Waals surface area contributed by atoms with Gasteiger partial charge in [-0.15, -0.1) is 0 Å². The molecule has 2 aromatic rings. The van der Waals surface area contributed by atoms with Gasteiger partial charge in [0.15, 0.2) is 0 Å². The lowest BCUT2D eigenvalue weighted by Crippen LogP contribution is -2.45. The van der Waals surface area contributed by atoms with Gasteiger partial charge in [0, 0.05) is 17.8 Å². The van der Waals surface area contributed by atoms with Gasteiger partial charge >= 0.3 is 0 Å². The Morgan fingerprint density at radius 2 is 1.79 bits per heavy atom. The summed E-state index contributed by atoms with van der Waals surface area (Å²) in [6.45, 7) is 6.84. The lowest BCUT2D eigenvalue weighted by Gasteiger charge is -2.29. The number of carbonyl (C=O) groups excluding carboxylic acids is 1. The van der Waals surface area contributed by atoms with Crippen molar-refractivity contribution in [2.45, 2.75) is 33.7 Å². The van der Waals surface area contributed by atoms with Crippen LogP contribution in [0.3, 0.4) is 0 Å². The van der Waals surface area contributed by atoms with E-state index in [9.17, 15) is 23.3 Å². The fourth-order valence-corrected chi connectivity index (χ4v) is 4.08. The molecule has 0 heterocycles. The summed E-state index contributed by atoms with van der Waals surface area (Å²) in [4.78, 5) is 23.3. The minimum Gasteiger partial charge on any atom is -0.324 e. The van der Waals surface area contributed by atoms with Crippen molar-refractivity contribution in [2.24, 2.45) is 0 Å². The van der Waals surface area contributed by atoms with Crippen LogP contribution in [0.15, 0.2) is 36.4 Å². The Morgan fingerprint density at radius 1 is 1.14 bits per heavy atom. The number of amides is 1. The van der Waals surface area contributed by atoms with Crippen LogP contribution in [-0.4, -0.2) is 31.5 Å². The van der Waals surface area contributed by atoms with Crippen molar-refractivity contribution in [3.05, 3.63) is 63.2 Å². The molecule has 0 spiro atoms. The molecule has 9 heteroatoms. The van der Waals surface area contributed by atoms with E-state index in [1.807, 2.05) is 19.9 Å². The van der Waals surface area contributed by atoms with Crippen molar-refractivity contribution in [3.63, 3.8) is 0 Å². The molecule has 0 saturated carbocycles. The maximum absolute atomic E-state index is 12.8. The number of nitrogens with zero attached hydrogens (tertiary/aromatic N) is 2. The summed E-state index contributed by atoms with van der Waals surface area (Å²) in [5.41, 5.74) is 2.79. The number of nitro groups is 1. The quantitative estimate of drug-likeness (QED) is 0.586. The molecule has 1 amide bonds. The second kappa shape index (κ2) is 7.97. The standard InChI is InChI=1S/C19H23N3O5S/c1-12-7-6-8-17(14(12)3)20-19(23)15(4)21(28(5,26)27)18-11-16(22(24)25)10-9-13(18)2/h6-11,15H,1-5H3,(H,20,23)/t15-/m0/s1. The number of non-ortho nitro benzene ring substituents is 1. The first-order valence-electron chi connectivity index (χ1n) is 8.55. The molecule has 0 fully saturated rings. The highest BCUT2D eigenvalue weighted by Crippen LogP contribution is 2.30. The van der Waals surface area contributed by atoms with Gasteiger partial charge in [-0.05, 0) is 50.5 Å². The highest BCUT2D eigenvalue weighted by atomic mass is 32.2. The molecule has 0 saturated heterocycles. The predicted molar refractivity (Wildman–Crippen MR) is 109 cm³/mol. The first-order valence-corrected chi connectivity index (χ1v) is 10.4. The smallest absolute Gasteiger partial charge is 0.271 e. The Kier molecular flexibility index (Phi) is 6.08. The van der Waals surface area contributed by atoms with Crippen LogP contribution in [0, 0.1) is 30.9 Å². The van der Waals surface area contributed by atoms with Gasteiger partial charge in [0.2, 0.25) is 15.9 Å². The van der Waals surface area contributed by atoms with E-state index >= 15 is 0 Å². The van der Waals surface area contributed by atoms with Gasteiger partial charge in [0.25, 0.3) is 5.69 Å². The third-order valence-electron chi connectivity index (χ3n) is 4.59. The first kappa shape index (κ1) is 21.4. The van der Waals surface area contributed by atoms with Crippen LogP contribution in [-0.2, 0) is 14.8 Å². The van der Waals surface area contributed by atoms with Gasteiger partial charge in [-0.2, -0.15) is 0 Å². The van der Waals surface area contributed by atoms with Crippen LogP contribution in [0.4, 0.5) is 17.1 Å². The minimum atomic E-state index is -3.89. The van der Waals surface area contributed by atoms with E-state index in [0.717, 1.165) is 27.8 Å². The normalized spacial score (nSPS) is 12.3. The highest BCUT2D eigenvalue weighted by Gasteiger charge is 2.31. The van der Waals surface area contributed by atoms with Gasteiger partial charge in [0.05, 0.1) is 16.9 Å². The zero-order valence-electron chi connectivity index (χ0n) is 16.4. The monoisotopic (exact) mass is 405 g/mol. The second-order valence-electron chi connectivity index (χ2n) is 6.70. The molecule has 0 aliphatic carbocycles. The minimum absolute atomic E-state index is 0.0975. The molecule has 0 aliphatic heterocycles. The Balaban J connectivity index is 2.46. The van der Waals surface area contributed by atoms with E-state index in [1.54, 1.807) is 19.1 Å². The van der Waals surface area contributed by atoms with Crippen molar-refractivity contribution < 1.29 is 18.1 Å². The molecule has 0 bridgehead atoms. The number of rotatable bonds is 6. The highest BCUT2D eigenvalue weighted by molar-refractivity contribution is 7.92. The molecule has 0 radical (unpaired) electrons. The number of nitrogens with one attached hydrogen (secondary N) is 1. The molecule has 150 valence electrons. The summed E-state index contributed by atoms with van der Waals surface area (Å²) in [6.07, 6.45) is 0.965. The number of sulfonamides is 1. The molecule has 0 aromatic heterocycles. The average Bonchev–Trinajstić information content (AvgIpc) is 2.59. The number of anilines is 2. The number of nitro benzene ring substituents is 1. The molecule has 2 rings (SSSR count). The molecule has 0 unspecified atom stereocenters. The van der Waals surface area contributed by atoms with Gasteiger partial charge < -0.3 is 5.32 Å². The second-order valence-corrected chi connectivity index (χ2v) is 8.56. The van der Waals surface area contributed by atoms with E-state index in [-0.39, 0.29) is 11.4 Å². The number of aryl methyl sites for hydroxylation is 2. The number of carbonyl (C=O) groups is 1. The summed E-state index contributed by atoms with van der Waals surface area (Å²) in [6, 6.07) is 8.23. The zero-order chi connectivity index (χ0) is 21.2. The topological polar surface area (TPSA) is 110 Å². The Hall–Kier alpha value is -2.94. The van der Waals surface area contributed by atoms with E-state index in [0.29, 0.717) is 11.3 Å². The molecule has 28 heavy (non-hydrogen) atoms. The summed E-state index contributed by atoms with van der Waals surface area (Å²) in [7, 11) is -3.89. The third kappa shape index (κ3) is 4.48. The molecular formula is C19H23N3O5S. The largest absolute Gasteiger partial charge is 0.324 e.